The molecule has 2 nitrogen and oxygen atoms in total. The van der Waals surface area contributed by atoms with Crippen molar-refractivity contribution in [2.75, 3.05) is 0 Å². The molecule has 4 N–H and O–H groups in total. The molecular weight excluding hydrogens is 271 g/mol. The van der Waals surface area contributed by atoms with Gasteiger partial charge in [0.15, 0.2) is 0 Å². The van der Waals surface area contributed by atoms with Gasteiger partial charge in [0.25, 0.3) is 0 Å². The van der Waals surface area contributed by atoms with E-state index in [1.807, 2.05) is 0 Å². The first-order valence-electron chi connectivity index (χ1n) is 2.32. The third-order valence-corrected chi connectivity index (χ3v) is 1.38. The second-order valence-corrected chi connectivity index (χ2v) is 1.91. The first-order chi connectivity index (χ1) is 2.80. The van der Waals surface area contributed by atoms with E-state index in [0.717, 1.165) is 12.8 Å². The second-order valence-electron chi connectivity index (χ2n) is 1.91. The molecule has 7 heavy (non-hydrogen) atoms. The Kier molecular flexibility index (Phi) is 3.05. The Labute approximate surface area is 57.9 Å². The Morgan fingerprint density at radius 2 is 1.29 bits per heavy atom. The van der Waals surface area contributed by atoms with Gasteiger partial charge in [0, 0.05) is 33.1 Å². The van der Waals surface area contributed by atoms with Crippen LogP contribution in [0.4, 0.5) is 0 Å². The largest absolute Gasteiger partial charge is 0.326 e. The van der Waals surface area contributed by atoms with E-state index in [1.54, 1.807) is 0 Å². The van der Waals surface area contributed by atoms with Crippen molar-refractivity contribution in [2.24, 2.45) is 11.5 Å². The molecule has 0 bridgehead atoms. The summed E-state index contributed by atoms with van der Waals surface area (Å²) in [6.45, 7) is 0. The Morgan fingerprint density at radius 3 is 1.29 bits per heavy atom. The molecule has 0 unspecified atom stereocenters. The summed E-state index contributed by atoms with van der Waals surface area (Å²) in [6.07, 6.45) is 2.25. The van der Waals surface area contributed by atoms with Gasteiger partial charge in [0.1, 0.15) is 0 Å². The van der Waals surface area contributed by atoms with Crippen LogP contribution in [0.15, 0.2) is 0 Å². The molecule has 0 saturated heterocycles. The molecule has 0 aromatic heterocycles. The van der Waals surface area contributed by atoms with Crippen LogP contribution in [0.3, 0.4) is 0 Å². The van der Waals surface area contributed by atoms with E-state index in [9.17, 15) is 0 Å². The number of rotatable bonds is 0. The summed E-state index contributed by atoms with van der Waals surface area (Å²) in [6, 6.07) is 0.620. The first kappa shape index (κ1) is 7.61. The maximum atomic E-state index is 5.40. The van der Waals surface area contributed by atoms with Gasteiger partial charge in [-0.1, -0.05) is 0 Å². The molecular formula is C4H10N2Pt. The smallest absolute Gasteiger partial charge is 0.0192 e. The predicted octanol–water partition coefficient (Wildman–Crippen LogP) is -0.568. The fraction of sp³-hybridized carbons (Fsp3) is 1.00. The molecule has 0 spiro atoms. The monoisotopic (exact) mass is 281 g/mol. The molecule has 0 aromatic carbocycles. The summed E-state index contributed by atoms with van der Waals surface area (Å²) in [5.41, 5.74) is 10.8. The predicted molar refractivity (Wildman–Crippen MR) is 25.2 cm³/mol. The van der Waals surface area contributed by atoms with Crippen LogP contribution in [-0.4, -0.2) is 12.1 Å². The van der Waals surface area contributed by atoms with E-state index in [2.05, 4.69) is 0 Å². The van der Waals surface area contributed by atoms with Gasteiger partial charge in [-0.3, -0.25) is 0 Å². The minimum atomic E-state index is 0. The van der Waals surface area contributed by atoms with E-state index >= 15 is 0 Å². The van der Waals surface area contributed by atoms with Gasteiger partial charge in [0.2, 0.25) is 0 Å². The zero-order valence-corrected chi connectivity index (χ0v) is 6.31. The van der Waals surface area contributed by atoms with E-state index in [4.69, 9.17) is 11.5 Å². The molecule has 1 fully saturated rings. The van der Waals surface area contributed by atoms with E-state index in [1.165, 1.54) is 0 Å². The molecule has 2 atom stereocenters. The van der Waals surface area contributed by atoms with Gasteiger partial charge in [0.05, 0.1) is 0 Å². The molecule has 0 radical (unpaired) electrons. The van der Waals surface area contributed by atoms with Crippen LogP contribution in [-0.2, 0) is 21.1 Å². The summed E-state index contributed by atoms with van der Waals surface area (Å²) in [5, 5.41) is 0. The van der Waals surface area contributed by atoms with Crippen LogP contribution >= 0.6 is 0 Å². The van der Waals surface area contributed by atoms with Crippen molar-refractivity contribution < 1.29 is 21.1 Å². The maximum absolute atomic E-state index is 5.40. The maximum Gasteiger partial charge on any atom is 0.0192 e. The minimum Gasteiger partial charge on any atom is -0.326 e. The molecule has 0 aromatic rings. The molecule has 0 aliphatic heterocycles. The molecule has 1 aliphatic rings. The van der Waals surface area contributed by atoms with Crippen molar-refractivity contribution in [3.05, 3.63) is 0 Å². The van der Waals surface area contributed by atoms with Crippen molar-refractivity contribution in [2.45, 2.75) is 24.9 Å². The zero-order valence-electron chi connectivity index (χ0n) is 4.04. The topological polar surface area (TPSA) is 52.0 Å². The summed E-state index contributed by atoms with van der Waals surface area (Å²) in [4.78, 5) is 0. The van der Waals surface area contributed by atoms with Crippen molar-refractivity contribution in [3.8, 4) is 0 Å². The van der Waals surface area contributed by atoms with Crippen molar-refractivity contribution in [1.29, 1.82) is 0 Å². The molecule has 1 saturated carbocycles. The Morgan fingerprint density at radius 1 is 1.00 bits per heavy atom. The van der Waals surface area contributed by atoms with Crippen LogP contribution in [0.5, 0.6) is 0 Å². The third kappa shape index (κ3) is 1.52. The number of hydrogen-bond acceptors (Lipinski definition) is 2. The quantitative estimate of drug-likeness (QED) is 0.625. The van der Waals surface area contributed by atoms with Gasteiger partial charge < -0.3 is 11.5 Å². The average Bonchev–Trinajstić information content (AvgIpc) is 1.61. The van der Waals surface area contributed by atoms with Crippen molar-refractivity contribution >= 4 is 0 Å². The van der Waals surface area contributed by atoms with Crippen LogP contribution in [0, 0.1) is 0 Å². The Balaban J connectivity index is 0.000000360. The van der Waals surface area contributed by atoms with Gasteiger partial charge in [-0.05, 0) is 12.8 Å². The molecule has 0 amide bonds. The summed E-state index contributed by atoms with van der Waals surface area (Å²) in [7, 11) is 0. The molecule has 1 rings (SSSR count). The van der Waals surface area contributed by atoms with E-state index in [-0.39, 0.29) is 21.1 Å². The molecule has 0 heterocycles. The molecule has 46 valence electrons. The zero-order chi connectivity index (χ0) is 4.57. The number of nitrogens with two attached hydrogens (primary N) is 2. The average molecular weight is 281 g/mol. The van der Waals surface area contributed by atoms with Crippen LogP contribution in [0.2, 0.25) is 0 Å². The SMILES string of the molecule is N[C@@H]1CC[C@H]1N.[Pt]. The summed E-state index contributed by atoms with van der Waals surface area (Å²) < 4.78 is 0. The standard InChI is InChI=1S/C4H10N2.Pt/c5-3-1-2-4(3)6;/h3-4H,1-2,5-6H2;/t3-,4-;/m1./s1. The minimum absolute atomic E-state index is 0. The molecule has 1 aliphatic carbocycles. The van der Waals surface area contributed by atoms with E-state index < -0.39 is 0 Å². The molecule has 3 heteroatoms. The third-order valence-electron chi connectivity index (χ3n) is 1.38. The first-order valence-corrected chi connectivity index (χ1v) is 2.32. The van der Waals surface area contributed by atoms with Crippen molar-refractivity contribution in [1.82, 2.24) is 0 Å². The van der Waals surface area contributed by atoms with E-state index in [0.29, 0.717) is 12.1 Å². The Hall–Kier alpha value is 0.608. The van der Waals surface area contributed by atoms with Crippen molar-refractivity contribution in [3.63, 3.8) is 0 Å². The fourth-order valence-electron chi connectivity index (χ4n) is 0.552. The Bertz CT molecular complexity index is 49.7. The van der Waals surface area contributed by atoms with Gasteiger partial charge in [-0.25, -0.2) is 0 Å². The van der Waals surface area contributed by atoms with Crippen LogP contribution in [0.25, 0.3) is 0 Å². The fourth-order valence-corrected chi connectivity index (χ4v) is 0.552. The number of hydrogen-bond donors (Lipinski definition) is 2. The second kappa shape index (κ2) is 2.80. The van der Waals surface area contributed by atoms with Gasteiger partial charge >= 0.3 is 0 Å². The van der Waals surface area contributed by atoms with Gasteiger partial charge in [-0.15, -0.1) is 0 Å². The van der Waals surface area contributed by atoms with Gasteiger partial charge in [-0.2, -0.15) is 0 Å². The van der Waals surface area contributed by atoms with Crippen LogP contribution < -0.4 is 11.5 Å². The normalized spacial score (nSPS) is 38.6. The summed E-state index contributed by atoms with van der Waals surface area (Å²) in [5.74, 6) is 0. The summed E-state index contributed by atoms with van der Waals surface area (Å²) >= 11 is 0. The van der Waals surface area contributed by atoms with Crippen LogP contribution in [0.1, 0.15) is 12.8 Å².